The molecule has 1 aliphatic heterocycles. The van der Waals surface area contributed by atoms with Crippen LogP contribution >= 0.6 is 0 Å². The molecule has 1 fully saturated rings. The zero-order chi connectivity index (χ0) is 6.69. The van der Waals surface area contributed by atoms with Gasteiger partial charge in [0.1, 0.15) is 18.7 Å². The van der Waals surface area contributed by atoms with Crippen LogP contribution in [-0.2, 0) is 9.47 Å². The van der Waals surface area contributed by atoms with Crippen molar-refractivity contribution in [3.05, 3.63) is 0 Å². The second-order valence-electron chi connectivity index (χ2n) is 1.93. The van der Waals surface area contributed by atoms with Crippen LogP contribution < -0.4 is 5.73 Å². The Bertz CT molecular complexity index is 110. The Morgan fingerprint density at radius 1 is 1.67 bits per heavy atom. The molecule has 0 amide bonds. The fraction of sp³-hybridized carbons (Fsp3) is 0.800. The van der Waals surface area contributed by atoms with E-state index in [1.54, 1.807) is 0 Å². The summed E-state index contributed by atoms with van der Waals surface area (Å²) in [5.74, 6) is 0.0956. The lowest BCUT2D eigenvalue weighted by molar-refractivity contribution is -0.117. The molecule has 0 aromatic rings. The molecular weight excluding hydrogens is 120 g/mol. The van der Waals surface area contributed by atoms with Crippen LogP contribution in [0.5, 0.6) is 0 Å². The van der Waals surface area contributed by atoms with Crippen LogP contribution in [0, 0.1) is 5.41 Å². The molecule has 1 saturated heterocycles. The lowest BCUT2D eigenvalue weighted by Crippen LogP contribution is -2.35. The summed E-state index contributed by atoms with van der Waals surface area (Å²) in [6.07, 6.45) is 0.494. The molecule has 9 heavy (non-hydrogen) atoms. The Morgan fingerprint density at radius 3 is 2.78 bits per heavy atom. The predicted octanol–water partition coefficient (Wildman–Crippen LogP) is -0.315. The fourth-order valence-electron chi connectivity index (χ4n) is 0.708. The van der Waals surface area contributed by atoms with Crippen LogP contribution in [0.15, 0.2) is 0 Å². The smallest absolute Gasteiger partial charge is 0.147 e. The van der Waals surface area contributed by atoms with E-state index < -0.39 is 0 Å². The first-order valence-electron chi connectivity index (χ1n) is 2.84. The molecule has 4 nitrogen and oxygen atoms in total. The summed E-state index contributed by atoms with van der Waals surface area (Å²) < 4.78 is 9.84. The highest BCUT2D eigenvalue weighted by molar-refractivity contribution is 5.81. The van der Waals surface area contributed by atoms with E-state index in [1.165, 1.54) is 0 Å². The summed E-state index contributed by atoms with van der Waals surface area (Å²) in [5.41, 5.74) is 5.17. The third kappa shape index (κ3) is 1.65. The van der Waals surface area contributed by atoms with Crippen molar-refractivity contribution in [1.29, 1.82) is 5.41 Å². The lowest BCUT2D eigenvalue weighted by atomic mass is 10.2. The fourth-order valence-corrected chi connectivity index (χ4v) is 0.708. The molecule has 0 aromatic heterocycles. The van der Waals surface area contributed by atoms with Crippen molar-refractivity contribution in [3.63, 3.8) is 0 Å². The van der Waals surface area contributed by atoms with E-state index in [0.717, 1.165) is 0 Å². The third-order valence-electron chi connectivity index (χ3n) is 1.22. The van der Waals surface area contributed by atoms with Gasteiger partial charge >= 0.3 is 0 Å². The standard InChI is InChI=1S/C5H10N2O2/c6-5(7)4-1-2-8-3-9-4/h4H,1-3H2,(H3,6,7). The topological polar surface area (TPSA) is 68.3 Å². The van der Waals surface area contributed by atoms with Crippen molar-refractivity contribution in [2.75, 3.05) is 13.4 Å². The summed E-state index contributed by atoms with van der Waals surface area (Å²) in [7, 11) is 0. The van der Waals surface area contributed by atoms with E-state index in [0.29, 0.717) is 13.0 Å². The van der Waals surface area contributed by atoms with Gasteiger partial charge in [0.25, 0.3) is 0 Å². The molecule has 0 saturated carbocycles. The monoisotopic (exact) mass is 130 g/mol. The zero-order valence-corrected chi connectivity index (χ0v) is 5.09. The second-order valence-corrected chi connectivity index (χ2v) is 1.93. The summed E-state index contributed by atoms with van der Waals surface area (Å²) in [5, 5.41) is 6.99. The molecule has 0 aromatic carbocycles. The van der Waals surface area contributed by atoms with Gasteiger partial charge in [-0.1, -0.05) is 0 Å². The van der Waals surface area contributed by atoms with Crippen LogP contribution in [0.2, 0.25) is 0 Å². The minimum absolute atomic E-state index is 0.0956. The predicted molar refractivity (Wildman–Crippen MR) is 32.2 cm³/mol. The SMILES string of the molecule is N=C(N)C1CCOCO1. The molecule has 0 radical (unpaired) electrons. The number of hydrogen-bond donors (Lipinski definition) is 2. The Morgan fingerprint density at radius 2 is 2.44 bits per heavy atom. The molecule has 1 unspecified atom stereocenters. The van der Waals surface area contributed by atoms with Gasteiger partial charge in [0, 0.05) is 6.42 Å². The molecule has 52 valence electrons. The van der Waals surface area contributed by atoms with Crippen LogP contribution in [-0.4, -0.2) is 25.3 Å². The van der Waals surface area contributed by atoms with Gasteiger partial charge in [0.15, 0.2) is 0 Å². The minimum Gasteiger partial charge on any atom is -0.385 e. The van der Waals surface area contributed by atoms with E-state index in [9.17, 15) is 0 Å². The number of ether oxygens (including phenoxy) is 2. The van der Waals surface area contributed by atoms with Crippen LogP contribution in [0.1, 0.15) is 6.42 Å². The van der Waals surface area contributed by atoms with Crippen molar-refractivity contribution in [2.24, 2.45) is 5.73 Å². The van der Waals surface area contributed by atoms with E-state index in [-0.39, 0.29) is 18.7 Å². The van der Waals surface area contributed by atoms with Crippen molar-refractivity contribution in [1.82, 2.24) is 0 Å². The molecule has 1 heterocycles. The Balaban J connectivity index is 2.31. The Labute approximate surface area is 53.4 Å². The van der Waals surface area contributed by atoms with Crippen LogP contribution in [0.3, 0.4) is 0 Å². The molecule has 0 spiro atoms. The molecule has 4 heteroatoms. The number of amidine groups is 1. The summed E-state index contributed by atoms with van der Waals surface area (Å²) in [4.78, 5) is 0. The average Bonchev–Trinajstić information content (AvgIpc) is 1.90. The van der Waals surface area contributed by atoms with Gasteiger partial charge in [0.05, 0.1) is 6.61 Å². The Kier molecular flexibility index (Phi) is 2.02. The molecule has 1 rings (SSSR count). The van der Waals surface area contributed by atoms with Gasteiger partial charge in [-0.3, -0.25) is 5.41 Å². The third-order valence-corrected chi connectivity index (χ3v) is 1.22. The molecule has 0 aliphatic carbocycles. The quantitative estimate of drug-likeness (QED) is 0.377. The summed E-state index contributed by atoms with van der Waals surface area (Å²) in [6.45, 7) is 0.911. The highest BCUT2D eigenvalue weighted by atomic mass is 16.7. The maximum Gasteiger partial charge on any atom is 0.147 e. The number of hydrogen-bond acceptors (Lipinski definition) is 3. The minimum atomic E-state index is -0.209. The van der Waals surface area contributed by atoms with Gasteiger partial charge in [-0.2, -0.15) is 0 Å². The van der Waals surface area contributed by atoms with Gasteiger partial charge in [0.2, 0.25) is 0 Å². The summed E-state index contributed by atoms with van der Waals surface area (Å²) in [6, 6.07) is 0. The molecule has 1 atom stereocenters. The largest absolute Gasteiger partial charge is 0.385 e. The highest BCUT2D eigenvalue weighted by Crippen LogP contribution is 2.04. The zero-order valence-electron chi connectivity index (χ0n) is 5.09. The van der Waals surface area contributed by atoms with Crippen LogP contribution in [0.4, 0.5) is 0 Å². The van der Waals surface area contributed by atoms with E-state index in [2.05, 4.69) is 0 Å². The first-order chi connectivity index (χ1) is 4.30. The lowest BCUT2D eigenvalue weighted by Gasteiger charge is -2.20. The van der Waals surface area contributed by atoms with Crippen LogP contribution in [0.25, 0.3) is 0 Å². The van der Waals surface area contributed by atoms with E-state index >= 15 is 0 Å². The maximum atomic E-state index is 6.99. The van der Waals surface area contributed by atoms with Crippen molar-refractivity contribution >= 4 is 5.84 Å². The number of nitrogens with one attached hydrogen (secondary N) is 1. The average molecular weight is 130 g/mol. The van der Waals surface area contributed by atoms with Gasteiger partial charge in [-0.05, 0) is 0 Å². The van der Waals surface area contributed by atoms with Crippen molar-refractivity contribution in [2.45, 2.75) is 12.5 Å². The van der Waals surface area contributed by atoms with E-state index in [4.69, 9.17) is 20.6 Å². The second kappa shape index (κ2) is 2.80. The molecule has 0 bridgehead atoms. The normalized spacial score (nSPS) is 27.8. The van der Waals surface area contributed by atoms with Crippen molar-refractivity contribution in [3.8, 4) is 0 Å². The number of nitrogens with two attached hydrogens (primary N) is 1. The van der Waals surface area contributed by atoms with Gasteiger partial charge in [-0.25, -0.2) is 0 Å². The van der Waals surface area contributed by atoms with Gasteiger partial charge in [-0.15, -0.1) is 0 Å². The summed E-state index contributed by atoms with van der Waals surface area (Å²) >= 11 is 0. The molecule has 1 aliphatic rings. The maximum absolute atomic E-state index is 6.99. The number of rotatable bonds is 1. The first-order valence-corrected chi connectivity index (χ1v) is 2.84. The Hall–Kier alpha value is -0.610. The first kappa shape index (κ1) is 6.51. The molecule has 3 N–H and O–H groups in total. The molecular formula is C5H10N2O2. The van der Waals surface area contributed by atoms with Gasteiger partial charge < -0.3 is 15.2 Å². The van der Waals surface area contributed by atoms with E-state index in [1.807, 2.05) is 0 Å². The van der Waals surface area contributed by atoms with Crippen molar-refractivity contribution < 1.29 is 9.47 Å². The highest BCUT2D eigenvalue weighted by Gasteiger charge is 2.15.